The third-order valence-corrected chi connectivity index (χ3v) is 2.61. The summed E-state index contributed by atoms with van der Waals surface area (Å²) in [5.74, 6) is -0.0999. The van der Waals surface area contributed by atoms with Gasteiger partial charge >= 0.3 is 0 Å². The van der Waals surface area contributed by atoms with Gasteiger partial charge in [-0.25, -0.2) is 0 Å². The number of hydrogen-bond acceptors (Lipinski definition) is 5. The van der Waals surface area contributed by atoms with E-state index < -0.39 is 0 Å². The molecule has 6 heteroatoms. The average Bonchev–Trinajstić information content (AvgIpc) is 2.29. The lowest BCUT2D eigenvalue weighted by Crippen LogP contribution is -2.50. The summed E-state index contributed by atoms with van der Waals surface area (Å²) in [5.41, 5.74) is 0. The second-order valence-corrected chi connectivity index (χ2v) is 3.78. The number of nitrogens with one attached hydrogen (secondary N) is 1. The summed E-state index contributed by atoms with van der Waals surface area (Å²) in [4.78, 5) is 15.5. The number of carbonyl (C=O) groups is 1. The molecule has 90 valence electrons. The summed E-state index contributed by atoms with van der Waals surface area (Å²) < 4.78 is 0. The van der Waals surface area contributed by atoms with E-state index in [2.05, 4.69) is 15.1 Å². The summed E-state index contributed by atoms with van der Waals surface area (Å²) in [6, 6.07) is 1.87. The molecule has 6 nitrogen and oxygen atoms in total. The molecule has 0 aromatic rings. The standard InChI is InChI=1S/C10H18N4O2/c11-1-2-12-10(16)9-14-5-3-13(4-6-14)7-8-15/h15H,2-9H2,(H,12,16). The molecule has 0 aliphatic carbocycles. The third-order valence-electron chi connectivity index (χ3n) is 2.61. The highest BCUT2D eigenvalue weighted by Crippen LogP contribution is 2.00. The van der Waals surface area contributed by atoms with Gasteiger partial charge in [-0.2, -0.15) is 5.26 Å². The molecular formula is C10H18N4O2. The number of aliphatic hydroxyl groups is 1. The Bertz CT molecular complexity index is 256. The van der Waals surface area contributed by atoms with Crippen molar-refractivity contribution in [2.75, 3.05) is 52.4 Å². The first kappa shape index (κ1) is 12.9. The Morgan fingerprint density at radius 1 is 1.31 bits per heavy atom. The van der Waals surface area contributed by atoms with Crippen LogP contribution >= 0.6 is 0 Å². The molecule has 0 spiro atoms. The topological polar surface area (TPSA) is 79.6 Å². The Hall–Kier alpha value is -1.16. The van der Waals surface area contributed by atoms with Gasteiger partial charge in [0, 0.05) is 32.7 Å². The van der Waals surface area contributed by atoms with E-state index in [1.54, 1.807) is 0 Å². The normalized spacial score (nSPS) is 18.0. The van der Waals surface area contributed by atoms with Gasteiger partial charge in [-0.15, -0.1) is 0 Å². The summed E-state index contributed by atoms with van der Waals surface area (Å²) in [7, 11) is 0. The summed E-state index contributed by atoms with van der Waals surface area (Å²) in [6.45, 7) is 4.74. The Balaban J connectivity index is 2.17. The monoisotopic (exact) mass is 226 g/mol. The number of nitrogens with zero attached hydrogens (tertiary/aromatic N) is 3. The number of nitriles is 1. The van der Waals surface area contributed by atoms with Crippen LogP contribution in [0.4, 0.5) is 0 Å². The highest BCUT2D eigenvalue weighted by molar-refractivity contribution is 5.78. The third kappa shape index (κ3) is 4.57. The van der Waals surface area contributed by atoms with E-state index in [0.717, 1.165) is 26.2 Å². The molecule has 1 amide bonds. The van der Waals surface area contributed by atoms with Crippen molar-refractivity contribution < 1.29 is 9.90 Å². The fraction of sp³-hybridized carbons (Fsp3) is 0.800. The minimum absolute atomic E-state index is 0.0727. The fourth-order valence-electron chi connectivity index (χ4n) is 1.71. The lowest BCUT2D eigenvalue weighted by molar-refractivity contribution is -0.122. The van der Waals surface area contributed by atoms with Crippen molar-refractivity contribution in [1.29, 1.82) is 5.26 Å². The highest BCUT2D eigenvalue weighted by atomic mass is 16.3. The van der Waals surface area contributed by atoms with Crippen molar-refractivity contribution >= 4 is 5.91 Å². The number of β-amino-alcohol motifs (C(OH)–C–C–N with tert-alkyl or cyclic N) is 1. The molecule has 0 atom stereocenters. The predicted octanol–water partition coefficient (Wildman–Crippen LogP) is -1.76. The second-order valence-electron chi connectivity index (χ2n) is 3.78. The fourth-order valence-corrected chi connectivity index (χ4v) is 1.71. The number of carbonyl (C=O) groups excluding carboxylic acids is 1. The zero-order chi connectivity index (χ0) is 11.8. The van der Waals surface area contributed by atoms with Crippen LogP contribution in [0.5, 0.6) is 0 Å². The van der Waals surface area contributed by atoms with Gasteiger partial charge in [-0.05, 0) is 0 Å². The quantitative estimate of drug-likeness (QED) is 0.543. The number of rotatable bonds is 5. The van der Waals surface area contributed by atoms with E-state index in [-0.39, 0.29) is 19.1 Å². The van der Waals surface area contributed by atoms with Gasteiger partial charge in [0.1, 0.15) is 6.54 Å². The van der Waals surface area contributed by atoms with Gasteiger partial charge in [-0.3, -0.25) is 14.6 Å². The average molecular weight is 226 g/mol. The van der Waals surface area contributed by atoms with E-state index in [1.807, 2.05) is 6.07 Å². The molecule has 0 saturated carbocycles. The largest absolute Gasteiger partial charge is 0.395 e. The molecule has 0 aromatic carbocycles. The maximum absolute atomic E-state index is 11.3. The Morgan fingerprint density at radius 2 is 1.94 bits per heavy atom. The van der Waals surface area contributed by atoms with Gasteiger partial charge in [0.2, 0.25) is 5.91 Å². The van der Waals surface area contributed by atoms with Crippen LogP contribution in [0.25, 0.3) is 0 Å². The molecular weight excluding hydrogens is 208 g/mol. The molecule has 1 fully saturated rings. The van der Waals surface area contributed by atoms with Crippen LogP contribution in [-0.4, -0.2) is 73.2 Å². The molecule has 0 bridgehead atoms. The predicted molar refractivity (Wildman–Crippen MR) is 58.6 cm³/mol. The molecule has 1 aliphatic rings. The van der Waals surface area contributed by atoms with Crippen LogP contribution in [0.3, 0.4) is 0 Å². The van der Waals surface area contributed by atoms with E-state index in [1.165, 1.54) is 0 Å². The van der Waals surface area contributed by atoms with Crippen LogP contribution in [0, 0.1) is 11.3 Å². The molecule has 0 aromatic heterocycles. The number of piperazine rings is 1. The Kier molecular flexibility index (Phi) is 5.78. The first-order valence-electron chi connectivity index (χ1n) is 5.45. The highest BCUT2D eigenvalue weighted by Gasteiger charge is 2.17. The van der Waals surface area contributed by atoms with Crippen LogP contribution in [0.1, 0.15) is 0 Å². The van der Waals surface area contributed by atoms with Crippen LogP contribution in [-0.2, 0) is 4.79 Å². The minimum atomic E-state index is -0.0999. The Labute approximate surface area is 95.4 Å². The second kappa shape index (κ2) is 7.17. The van der Waals surface area contributed by atoms with E-state index in [4.69, 9.17) is 10.4 Å². The number of amides is 1. The van der Waals surface area contributed by atoms with Crippen LogP contribution < -0.4 is 5.32 Å². The van der Waals surface area contributed by atoms with Crippen LogP contribution in [0.15, 0.2) is 0 Å². The molecule has 1 rings (SSSR count). The SMILES string of the molecule is N#CCNC(=O)CN1CCN(CCO)CC1. The number of hydrogen-bond donors (Lipinski definition) is 2. The molecule has 2 N–H and O–H groups in total. The maximum atomic E-state index is 11.3. The van der Waals surface area contributed by atoms with E-state index in [0.29, 0.717) is 13.1 Å². The van der Waals surface area contributed by atoms with Crippen molar-refractivity contribution in [1.82, 2.24) is 15.1 Å². The molecule has 1 heterocycles. The van der Waals surface area contributed by atoms with Gasteiger partial charge in [0.05, 0.1) is 19.2 Å². The molecule has 1 saturated heterocycles. The minimum Gasteiger partial charge on any atom is -0.395 e. The molecule has 0 radical (unpaired) electrons. The van der Waals surface area contributed by atoms with Gasteiger partial charge in [0.15, 0.2) is 0 Å². The van der Waals surface area contributed by atoms with E-state index >= 15 is 0 Å². The Morgan fingerprint density at radius 3 is 2.50 bits per heavy atom. The first-order chi connectivity index (χ1) is 7.76. The van der Waals surface area contributed by atoms with Crippen molar-refractivity contribution in [2.45, 2.75) is 0 Å². The van der Waals surface area contributed by atoms with Crippen molar-refractivity contribution in [3.8, 4) is 6.07 Å². The van der Waals surface area contributed by atoms with Crippen LogP contribution in [0.2, 0.25) is 0 Å². The van der Waals surface area contributed by atoms with Crippen molar-refractivity contribution in [3.63, 3.8) is 0 Å². The number of aliphatic hydroxyl groups excluding tert-OH is 1. The van der Waals surface area contributed by atoms with Crippen molar-refractivity contribution in [3.05, 3.63) is 0 Å². The lowest BCUT2D eigenvalue weighted by Gasteiger charge is -2.33. The smallest absolute Gasteiger partial charge is 0.235 e. The molecule has 1 aliphatic heterocycles. The zero-order valence-corrected chi connectivity index (χ0v) is 9.35. The summed E-state index contributed by atoms with van der Waals surface area (Å²) in [6.07, 6.45) is 0. The lowest BCUT2D eigenvalue weighted by atomic mass is 10.3. The van der Waals surface area contributed by atoms with E-state index in [9.17, 15) is 4.79 Å². The summed E-state index contributed by atoms with van der Waals surface area (Å²) in [5, 5.41) is 19.6. The molecule has 0 unspecified atom stereocenters. The van der Waals surface area contributed by atoms with Gasteiger partial charge in [-0.1, -0.05) is 0 Å². The zero-order valence-electron chi connectivity index (χ0n) is 9.35. The first-order valence-corrected chi connectivity index (χ1v) is 5.45. The van der Waals surface area contributed by atoms with Gasteiger partial charge < -0.3 is 10.4 Å². The van der Waals surface area contributed by atoms with Crippen molar-refractivity contribution in [2.24, 2.45) is 0 Å². The summed E-state index contributed by atoms with van der Waals surface area (Å²) >= 11 is 0. The molecule has 16 heavy (non-hydrogen) atoms. The van der Waals surface area contributed by atoms with Gasteiger partial charge in [0.25, 0.3) is 0 Å². The maximum Gasteiger partial charge on any atom is 0.235 e.